The topological polar surface area (TPSA) is 37.0 Å². The third-order valence-electron chi connectivity index (χ3n) is 2.67. The molecule has 2 N–H and O–H groups in total. The molecule has 6 heteroatoms. The third kappa shape index (κ3) is 4.25. The fourth-order valence-electron chi connectivity index (χ4n) is 1.66. The van der Waals surface area contributed by atoms with Gasteiger partial charge in [-0.25, -0.2) is 9.37 Å². The van der Waals surface area contributed by atoms with Crippen LogP contribution in [0.3, 0.4) is 0 Å². The highest BCUT2D eigenvalue weighted by Crippen LogP contribution is 2.14. The Balaban J connectivity index is 1.95. The van der Waals surface area contributed by atoms with Crippen LogP contribution in [0.2, 0.25) is 0 Å². The number of nitrogens with zero attached hydrogens (tertiary/aromatic N) is 1. The Labute approximate surface area is 130 Å². The third-order valence-corrected chi connectivity index (χ3v) is 3.35. The van der Waals surface area contributed by atoms with Gasteiger partial charge in [0.15, 0.2) is 5.11 Å². The summed E-state index contributed by atoms with van der Waals surface area (Å²) in [5.74, 6) is 0.391. The number of halogens is 2. The molecule has 0 saturated carbocycles. The van der Waals surface area contributed by atoms with Crippen LogP contribution in [0.25, 0.3) is 0 Å². The lowest BCUT2D eigenvalue weighted by atomic mass is 10.1. The first kappa shape index (κ1) is 14.9. The van der Waals surface area contributed by atoms with Gasteiger partial charge in [-0.1, -0.05) is 12.1 Å². The van der Waals surface area contributed by atoms with E-state index in [1.54, 1.807) is 12.3 Å². The number of aromatic nitrogens is 1. The normalized spacial score (nSPS) is 11.8. The van der Waals surface area contributed by atoms with Gasteiger partial charge in [-0.05, 0) is 64.9 Å². The second kappa shape index (κ2) is 6.76. The Bertz CT molecular complexity index is 604. The first-order chi connectivity index (χ1) is 9.54. The number of benzene rings is 1. The molecule has 1 aromatic heterocycles. The van der Waals surface area contributed by atoms with Crippen molar-refractivity contribution < 1.29 is 4.39 Å². The Kier molecular flexibility index (Phi) is 5.03. The number of thiocarbonyl (C=S) groups is 1. The molecule has 1 heterocycles. The van der Waals surface area contributed by atoms with Gasteiger partial charge in [0, 0.05) is 10.7 Å². The van der Waals surface area contributed by atoms with Gasteiger partial charge in [0.2, 0.25) is 0 Å². The number of rotatable bonds is 3. The quantitative estimate of drug-likeness (QED) is 0.816. The number of hydrogen-bond donors (Lipinski definition) is 2. The van der Waals surface area contributed by atoms with Crippen molar-refractivity contribution in [2.45, 2.75) is 13.0 Å². The van der Waals surface area contributed by atoms with Gasteiger partial charge in [-0.2, -0.15) is 0 Å². The van der Waals surface area contributed by atoms with Gasteiger partial charge in [0.25, 0.3) is 0 Å². The summed E-state index contributed by atoms with van der Waals surface area (Å²) in [5, 5.41) is 6.51. The van der Waals surface area contributed by atoms with E-state index in [0.29, 0.717) is 10.9 Å². The SMILES string of the molecule is CC(NC(=S)Nc1ccc(Br)cn1)c1cccc(F)c1. The summed E-state index contributed by atoms with van der Waals surface area (Å²) < 4.78 is 14.1. The van der Waals surface area contributed by atoms with Crippen LogP contribution >= 0.6 is 28.1 Å². The van der Waals surface area contributed by atoms with Crippen LogP contribution in [0.5, 0.6) is 0 Å². The van der Waals surface area contributed by atoms with Crippen LogP contribution in [0.15, 0.2) is 47.1 Å². The van der Waals surface area contributed by atoms with Gasteiger partial charge in [0.1, 0.15) is 11.6 Å². The van der Waals surface area contributed by atoms with Crippen molar-refractivity contribution in [3.8, 4) is 0 Å². The van der Waals surface area contributed by atoms with E-state index in [1.807, 2.05) is 25.1 Å². The van der Waals surface area contributed by atoms with Crippen LogP contribution in [0.1, 0.15) is 18.5 Å². The van der Waals surface area contributed by atoms with E-state index in [2.05, 4.69) is 31.5 Å². The first-order valence-corrected chi connectivity index (χ1v) is 7.19. The average Bonchev–Trinajstić information content (AvgIpc) is 2.41. The minimum atomic E-state index is -0.260. The second-order valence-corrected chi connectivity index (χ2v) is 5.56. The van der Waals surface area contributed by atoms with Crippen molar-refractivity contribution in [3.05, 3.63) is 58.4 Å². The lowest BCUT2D eigenvalue weighted by Gasteiger charge is -2.17. The van der Waals surface area contributed by atoms with E-state index in [1.165, 1.54) is 12.1 Å². The zero-order chi connectivity index (χ0) is 14.5. The minimum absolute atomic E-state index is 0.0962. The Hall–Kier alpha value is -1.53. The smallest absolute Gasteiger partial charge is 0.172 e. The fraction of sp³-hybridized carbons (Fsp3) is 0.143. The van der Waals surface area contributed by atoms with Crippen molar-refractivity contribution >= 4 is 39.1 Å². The maximum Gasteiger partial charge on any atom is 0.172 e. The lowest BCUT2D eigenvalue weighted by Crippen LogP contribution is -2.31. The molecule has 0 fully saturated rings. The Morgan fingerprint density at radius 3 is 2.80 bits per heavy atom. The molecule has 2 rings (SSSR count). The monoisotopic (exact) mass is 353 g/mol. The molecule has 0 spiro atoms. The van der Waals surface area contributed by atoms with E-state index in [9.17, 15) is 4.39 Å². The van der Waals surface area contributed by atoms with Gasteiger partial charge in [0.05, 0.1) is 6.04 Å². The van der Waals surface area contributed by atoms with Crippen molar-refractivity contribution in [2.75, 3.05) is 5.32 Å². The maximum atomic E-state index is 13.2. The highest BCUT2D eigenvalue weighted by Gasteiger charge is 2.08. The van der Waals surface area contributed by atoms with Crippen molar-refractivity contribution in [1.82, 2.24) is 10.3 Å². The highest BCUT2D eigenvalue weighted by molar-refractivity contribution is 9.10. The zero-order valence-corrected chi connectivity index (χ0v) is 13.1. The lowest BCUT2D eigenvalue weighted by molar-refractivity contribution is 0.618. The van der Waals surface area contributed by atoms with Gasteiger partial charge in [-0.15, -0.1) is 0 Å². The van der Waals surface area contributed by atoms with E-state index >= 15 is 0 Å². The molecule has 0 aliphatic carbocycles. The largest absolute Gasteiger partial charge is 0.356 e. The molecular weight excluding hydrogens is 341 g/mol. The van der Waals surface area contributed by atoms with E-state index in [-0.39, 0.29) is 11.9 Å². The molecule has 0 radical (unpaired) electrons. The summed E-state index contributed by atoms with van der Waals surface area (Å²) in [7, 11) is 0. The minimum Gasteiger partial charge on any atom is -0.356 e. The summed E-state index contributed by atoms with van der Waals surface area (Å²) in [5.41, 5.74) is 0.831. The van der Waals surface area contributed by atoms with Crippen molar-refractivity contribution in [2.24, 2.45) is 0 Å². The molecule has 104 valence electrons. The molecule has 1 aromatic carbocycles. The molecular formula is C14H13BrFN3S. The highest BCUT2D eigenvalue weighted by atomic mass is 79.9. The second-order valence-electron chi connectivity index (χ2n) is 4.24. The average molecular weight is 354 g/mol. The molecule has 0 aliphatic heterocycles. The fourth-order valence-corrected chi connectivity index (χ4v) is 2.17. The predicted molar refractivity (Wildman–Crippen MR) is 86.1 cm³/mol. The van der Waals surface area contributed by atoms with E-state index in [0.717, 1.165) is 10.0 Å². The summed E-state index contributed by atoms with van der Waals surface area (Å²) in [4.78, 5) is 4.17. The summed E-state index contributed by atoms with van der Waals surface area (Å²) in [6.45, 7) is 1.91. The van der Waals surface area contributed by atoms with Crippen molar-refractivity contribution in [1.29, 1.82) is 0 Å². The predicted octanol–water partition coefficient (Wildman–Crippen LogP) is 4.03. The van der Waals surface area contributed by atoms with Crippen LogP contribution in [-0.4, -0.2) is 10.1 Å². The molecule has 20 heavy (non-hydrogen) atoms. The number of anilines is 1. The van der Waals surface area contributed by atoms with Crippen LogP contribution in [-0.2, 0) is 0 Å². The molecule has 3 nitrogen and oxygen atoms in total. The zero-order valence-electron chi connectivity index (χ0n) is 10.7. The maximum absolute atomic E-state index is 13.2. The molecule has 0 bridgehead atoms. The molecule has 1 atom stereocenters. The molecule has 1 unspecified atom stereocenters. The summed E-state index contributed by atoms with van der Waals surface area (Å²) in [6, 6.07) is 10.0. The van der Waals surface area contributed by atoms with E-state index < -0.39 is 0 Å². The van der Waals surface area contributed by atoms with Crippen LogP contribution in [0, 0.1) is 5.82 Å². The number of nitrogens with one attached hydrogen (secondary N) is 2. The first-order valence-electron chi connectivity index (χ1n) is 5.99. The Morgan fingerprint density at radius 2 is 2.15 bits per heavy atom. The summed E-state index contributed by atoms with van der Waals surface area (Å²) >= 11 is 8.53. The van der Waals surface area contributed by atoms with Crippen LogP contribution in [0.4, 0.5) is 10.2 Å². The number of hydrogen-bond acceptors (Lipinski definition) is 2. The standard InChI is InChI=1S/C14H13BrFN3S/c1-9(10-3-2-4-12(16)7-10)18-14(20)19-13-6-5-11(15)8-17-13/h2-9H,1H3,(H2,17,18,19,20). The van der Waals surface area contributed by atoms with Gasteiger partial charge < -0.3 is 10.6 Å². The molecule has 0 amide bonds. The molecule has 0 aliphatic rings. The summed E-state index contributed by atoms with van der Waals surface area (Å²) in [6.07, 6.45) is 1.68. The molecule has 2 aromatic rings. The Morgan fingerprint density at radius 1 is 1.35 bits per heavy atom. The van der Waals surface area contributed by atoms with Crippen LogP contribution < -0.4 is 10.6 Å². The number of pyridine rings is 1. The molecule has 0 saturated heterocycles. The van der Waals surface area contributed by atoms with Gasteiger partial charge in [-0.3, -0.25) is 0 Å². The van der Waals surface area contributed by atoms with Gasteiger partial charge >= 0.3 is 0 Å². The van der Waals surface area contributed by atoms with Crippen molar-refractivity contribution in [3.63, 3.8) is 0 Å². The van der Waals surface area contributed by atoms with E-state index in [4.69, 9.17) is 12.2 Å².